The number of carbonyl (C=O) groups excluding carboxylic acids is 3. The first-order valence-corrected chi connectivity index (χ1v) is 10.6. The summed E-state index contributed by atoms with van der Waals surface area (Å²) >= 11 is 5.84. The molecule has 0 N–H and O–H groups in total. The number of carbonyl (C=O) groups is 3. The number of ether oxygens (including phenoxy) is 2. The Morgan fingerprint density at radius 1 is 1.09 bits per heavy atom. The lowest BCUT2D eigenvalue weighted by Crippen LogP contribution is -2.59. The molecule has 0 spiro atoms. The van der Waals surface area contributed by atoms with Crippen molar-refractivity contribution in [1.29, 1.82) is 0 Å². The summed E-state index contributed by atoms with van der Waals surface area (Å²) in [5.41, 5.74) is 0.791. The molecule has 7 nitrogen and oxygen atoms in total. The van der Waals surface area contributed by atoms with Crippen molar-refractivity contribution >= 4 is 29.4 Å². The van der Waals surface area contributed by atoms with Gasteiger partial charge in [0.05, 0.1) is 13.0 Å². The van der Waals surface area contributed by atoms with Crippen LogP contribution in [0, 0.1) is 5.82 Å². The number of benzene rings is 2. The standard InChI is InChI=1S/C23H24ClFN2O5/c1-2-31-22(29)13-20-23(30)27(21(28)15-32-19-9-5-17(24)6-10-19)12-11-26(20)14-16-3-7-18(25)8-4-16/h3-10,20H,2,11-15H2,1H3. The predicted octanol–water partition coefficient (Wildman–Crippen LogP) is 3.05. The minimum absolute atomic E-state index is 0.155. The average Bonchev–Trinajstić information content (AvgIpc) is 2.77. The molecule has 0 saturated carbocycles. The quantitative estimate of drug-likeness (QED) is 0.561. The molecule has 170 valence electrons. The number of hydrogen-bond acceptors (Lipinski definition) is 6. The predicted molar refractivity (Wildman–Crippen MR) is 116 cm³/mol. The molecule has 0 radical (unpaired) electrons. The maximum atomic E-state index is 13.2. The third-order valence-electron chi connectivity index (χ3n) is 5.04. The van der Waals surface area contributed by atoms with Crippen LogP contribution in [0.1, 0.15) is 18.9 Å². The van der Waals surface area contributed by atoms with E-state index in [1.165, 1.54) is 12.1 Å². The molecular weight excluding hydrogens is 439 g/mol. The maximum absolute atomic E-state index is 13.2. The van der Waals surface area contributed by atoms with E-state index < -0.39 is 23.8 Å². The smallest absolute Gasteiger partial charge is 0.307 e. The van der Waals surface area contributed by atoms with Gasteiger partial charge in [0.2, 0.25) is 5.91 Å². The fourth-order valence-electron chi connectivity index (χ4n) is 3.44. The van der Waals surface area contributed by atoms with E-state index >= 15 is 0 Å². The minimum Gasteiger partial charge on any atom is -0.484 e. The molecular formula is C23H24ClFN2O5. The first kappa shape index (κ1) is 23.7. The zero-order chi connectivity index (χ0) is 23.1. The zero-order valence-corrected chi connectivity index (χ0v) is 18.4. The van der Waals surface area contributed by atoms with Gasteiger partial charge < -0.3 is 9.47 Å². The van der Waals surface area contributed by atoms with E-state index in [0.717, 1.165) is 10.5 Å². The molecule has 0 bridgehead atoms. The van der Waals surface area contributed by atoms with E-state index in [2.05, 4.69) is 0 Å². The number of imide groups is 1. The van der Waals surface area contributed by atoms with Crippen molar-refractivity contribution in [2.45, 2.75) is 25.9 Å². The molecule has 9 heteroatoms. The van der Waals surface area contributed by atoms with Gasteiger partial charge in [-0.3, -0.25) is 24.2 Å². The first-order valence-electron chi connectivity index (χ1n) is 10.2. The Labute approximate surface area is 190 Å². The number of rotatable bonds is 8. The number of piperazine rings is 1. The second-order valence-electron chi connectivity index (χ2n) is 7.25. The summed E-state index contributed by atoms with van der Waals surface area (Å²) in [5, 5.41) is 0.540. The van der Waals surface area contributed by atoms with Crippen LogP contribution in [-0.4, -0.2) is 59.9 Å². The lowest BCUT2D eigenvalue weighted by atomic mass is 10.1. The van der Waals surface area contributed by atoms with Gasteiger partial charge in [0.1, 0.15) is 17.6 Å². The molecule has 0 aromatic heterocycles. The Balaban J connectivity index is 1.69. The maximum Gasteiger partial charge on any atom is 0.307 e. The highest BCUT2D eigenvalue weighted by Crippen LogP contribution is 2.20. The van der Waals surface area contributed by atoms with Crippen LogP contribution < -0.4 is 4.74 Å². The van der Waals surface area contributed by atoms with Crippen molar-refractivity contribution < 1.29 is 28.2 Å². The van der Waals surface area contributed by atoms with Crippen molar-refractivity contribution in [1.82, 2.24) is 9.80 Å². The first-order chi connectivity index (χ1) is 15.4. The topological polar surface area (TPSA) is 76.2 Å². The number of hydrogen-bond donors (Lipinski definition) is 0. The van der Waals surface area contributed by atoms with Gasteiger partial charge >= 0.3 is 5.97 Å². The van der Waals surface area contributed by atoms with Crippen molar-refractivity contribution in [3.8, 4) is 5.75 Å². The molecule has 0 aliphatic carbocycles. The third kappa shape index (κ3) is 6.27. The Morgan fingerprint density at radius 3 is 2.44 bits per heavy atom. The van der Waals surface area contributed by atoms with E-state index in [9.17, 15) is 18.8 Å². The molecule has 1 aliphatic rings. The fourth-order valence-corrected chi connectivity index (χ4v) is 3.57. The summed E-state index contributed by atoms with van der Waals surface area (Å²) in [6.07, 6.45) is -0.185. The zero-order valence-electron chi connectivity index (χ0n) is 17.6. The normalized spacial score (nSPS) is 16.7. The SMILES string of the molecule is CCOC(=O)CC1C(=O)N(C(=O)COc2ccc(Cl)cc2)CCN1Cc1ccc(F)cc1. The highest BCUT2D eigenvalue weighted by molar-refractivity contribution is 6.30. The summed E-state index contributed by atoms with van der Waals surface area (Å²) in [6, 6.07) is 11.6. The molecule has 3 rings (SSSR count). The van der Waals surface area contributed by atoms with Gasteiger partial charge in [-0.1, -0.05) is 23.7 Å². The van der Waals surface area contributed by atoms with Gasteiger partial charge in [-0.05, 0) is 48.9 Å². The summed E-state index contributed by atoms with van der Waals surface area (Å²) < 4.78 is 23.7. The van der Waals surface area contributed by atoms with E-state index in [-0.39, 0.29) is 32.0 Å². The van der Waals surface area contributed by atoms with Crippen LogP contribution in [0.3, 0.4) is 0 Å². The van der Waals surface area contributed by atoms with E-state index in [0.29, 0.717) is 23.9 Å². The highest BCUT2D eigenvalue weighted by Gasteiger charge is 2.39. The Kier molecular flexibility index (Phi) is 8.19. The lowest BCUT2D eigenvalue weighted by molar-refractivity contribution is -0.159. The van der Waals surface area contributed by atoms with Crippen molar-refractivity contribution in [3.05, 3.63) is 64.9 Å². The van der Waals surface area contributed by atoms with Gasteiger partial charge in [0, 0.05) is 24.7 Å². The molecule has 1 unspecified atom stereocenters. The number of nitrogens with zero attached hydrogens (tertiary/aromatic N) is 2. The molecule has 1 saturated heterocycles. The Morgan fingerprint density at radius 2 is 1.78 bits per heavy atom. The molecule has 2 aromatic carbocycles. The van der Waals surface area contributed by atoms with Crippen molar-refractivity contribution in [3.63, 3.8) is 0 Å². The average molecular weight is 463 g/mol. The Bertz CT molecular complexity index is 952. The summed E-state index contributed by atoms with van der Waals surface area (Å²) in [7, 11) is 0. The molecule has 2 aromatic rings. The van der Waals surface area contributed by atoms with Crippen molar-refractivity contribution in [2.75, 3.05) is 26.3 Å². The number of halogens is 2. The van der Waals surface area contributed by atoms with Crippen LogP contribution in [-0.2, 0) is 25.7 Å². The van der Waals surface area contributed by atoms with Crippen LogP contribution >= 0.6 is 11.6 Å². The molecule has 2 amide bonds. The third-order valence-corrected chi connectivity index (χ3v) is 5.30. The van der Waals surface area contributed by atoms with Gasteiger partial charge in [-0.2, -0.15) is 0 Å². The molecule has 1 aliphatic heterocycles. The van der Waals surface area contributed by atoms with Crippen LogP contribution in [0.25, 0.3) is 0 Å². The van der Waals surface area contributed by atoms with E-state index in [1.807, 2.05) is 0 Å². The molecule has 1 heterocycles. The number of amides is 2. The van der Waals surface area contributed by atoms with Gasteiger partial charge in [0.25, 0.3) is 5.91 Å². The monoisotopic (exact) mass is 462 g/mol. The van der Waals surface area contributed by atoms with Crippen LogP contribution in [0.4, 0.5) is 4.39 Å². The molecule has 1 atom stereocenters. The van der Waals surface area contributed by atoms with E-state index in [1.54, 1.807) is 48.2 Å². The fraction of sp³-hybridized carbons (Fsp3) is 0.348. The summed E-state index contributed by atoms with van der Waals surface area (Å²) in [5.74, 6) is -1.42. The van der Waals surface area contributed by atoms with Crippen LogP contribution in [0.15, 0.2) is 48.5 Å². The van der Waals surface area contributed by atoms with Crippen LogP contribution in [0.2, 0.25) is 5.02 Å². The van der Waals surface area contributed by atoms with E-state index in [4.69, 9.17) is 21.1 Å². The second kappa shape index (κ2) is 11.1. The summed E-state index contributed by atoms with van der Waals surface area (Å²) in [6.45, 7) is 2.40. The highest BCUT2D eigenvalue weighted by atomic mass is 35.5. The van der Waals surface area contributed by atoms with Crippen molar-refractivity contribution in [2.24, 2.45) is 0 Å². The molecule has 1 fully saturated rings. The van der Waals surface area contributed by atoms with Gasteiger partial charge in [0.15, 0.2) is 6.61 Å². The van der Waals surface area contributed by atoms with Crippen LogP contribution in [0.5, 0.6) is 5.75 Å². The Hall–Kier alpha value is -2.97. The summed E-state index contributed by atoms with van der Waals surface area (Å²) in [4.78, 5) is 40.9. The lowest BCUT2D eigenvalue weighted by Gasteiger charge is -2.39. The van der Waals surface area contributed by atoms with Gasteiger partial charge in [-0.25, -0.2) is 4.39 Å². The number of esters is 1. The minimum atomic E-state index is -0.868. The molecule has 32 heavy (non-hydrogen) atoms. The second-order valence-corrected chi connectivity index (χ2v) is 7.68. The van der Waals surface area contributed by atoms with Gasteiger partial charge in [-0.15, -0.1) is 0 Å². The largest absolute Gasteiger partial charge is 0.484 e.